The van der Waals surface area contributed by atoms with E-state index in [2.05, 4.69) is 9.88 Å². The Hall–Kier alpha value is -1.40. The van der Waals surface area contributed by atoms with E-state index in [1.54, 1.807) is 6.07 Å². The first kappa shape index (κ1) is 13.0. The Bertz CT molecular complexity index is 619. The molecule has 1 aromatic heterocycles. The first-order chi connectivity index (χ1) is 8.62. The lowest BCUT2D eigenvalue weighted by molar-refractivity contribution is 0.448. The third-order valence-corrected chi connectivity index (χ3v) is 3.93. The van der Waals surface area contributed by atoms with Gasteiger partial charge in [0, 0.05) is 11.9 Å². The van der Waals surface area contributed by atoms with E-state index in [1.165, 1.54) is 0 Å². The predicted molar refractivity (Wildman–Crippen MR) is 69.5 cm³/mol. The zero-order chi connectivity index (χ0) is 13.0. The number of fused-ring (bicyclic) bond motifs is 1. The number of hydrogen-bond donors (Lipinski definition) is 1. The molecular weight excluding hydrogens is 252 g/mol. The number of benzene rings is 1. The molecule has 18 heavy (non-hydrogen) atoms. The van der Waals surface area contributed by atoms with Crippen molar-refractivity contribution in [1.82, 2.24) is 9.88 Å². The van der Waals surface area contributed by atoms with Gasteiger partial charge in [-0.05, 0) is 18.6 Å². The average molecular weight is 268 g/mol. The van der Waals surface area contributed by atoms with Crippen LogP contribution in [0.5, 0.6) is 0 Å². The third-order valence-electron chi connectivity index (χ3n) is 2.63. The van der Waals surface area contributed by atoms with E-state index in [0.29, 0.717) is 17.8 Å². The molecule has 1 aromatic carbocycles. The molecule has 98 valence electrons. The quantitative estimate of drug-likeness (QED) is 0.814. The number of unbranched alkanes of at least 4 members (excludes halogenated alkanes) is 1. The van der Waals surface area contributed by atoms with Gasteiger partial charge in [-0.25, -0.2) is 13.1 Å². The van der Waals surface area contributed by atoms with Crippen molar-refractivity contribution in [3.8, 4) is 0 Å². The summed E-state index contributed by atoms with van der Waals surface area (Å²) in [6.07, 6.45) is 1.79. The summed E-state index contributed by atoms with van der Waals surface area (Å²) < 4.78 is 31.3. The smallest absolute Gasteiger partial charge is 0.217 e. The van der Waals surface area contributed by atoms with Crippen molar-refractivity contribution in [3.63, 3.8) is 0 Å². The van der Waals surface area contributed by atoms with Crippen LogP contribution >= 0.6 is 0 Å². The summed E-state index contributed by atoms with van der Waals surface area (Å²) in [4.78, 5) is 0. The van der Waals surface area contributed by atoms with Crippen LogP contribution in [0.2, 0.25) is 0 Å². The third kappa shape index (κ3) is 3.08. The van der Waals surface area contributed by atoms with Crippen LogP contribution in [-0.4, -0.2) is 20.1 Å². The summed E-state index contributed by atoms with van der Waals surface area (Å²) in [5.74, 6) is -0.145. The molecule has 6 heteroatoms. The van der Waals surface area contributed by atoms with E-state index >= 15 is 0 Å². The molecule has 2 aromatic rings. The van der Waals surface area contributed by atoms with E-state index in [0.717, 1.165) is 18.2 Å². The Balaban J connectivity index is 2.13. The summed E-state index contributed by atoms with van der Waals surface area (Å²) in [6, 6.07) is 7.23. The van der Waals surface area contributed by atoms with E-state index in [9.17, 15) is 8.42 Å². The molecule has 0 saturated heterocycles. The Morgan fingerprint density at radius 1 is 1.33 bits per heavy atom. The summed E-state index contributed by atoms with van der Waals surface area (Å²) in [5.41, 5.74) is 1.06. The highest BCUT2D eigenvalue weighted by Gasteiger charge is 2.16. The minimum atomic E-state index is -3.34. The number of para-hydroxylation sites is 1. The fourth-order valence-electron chi connectivity index (χ4n) is 1.68. The molecule has 0 saturated carbocycles. The monoisotopic (exact) mass is 268 g/mol. The van der Waals surface area contributed by atoms with E-state index in [1.807, 2.05) is 25.1 Å². The second kappa shape index (κ2) is 5.49. The van der Waals surface area contributed by atoms with Gasteiger partial charge in [-0.3, -0.25) is 0 Å². The molecule has 0 spiro atoms. The first-order valence-corrected chi connectivity index (χ1v) is 7.58. The van der Waals surface area contributed by atoms with Crippen LogP contribution < -0.4 is 4.72 Å². The zero-order valence-electron chi connectivity index (χ0n) is 10.2. The summed E-state index contributed by atoms with van der Waals surface area (Å²) in [7, 11) is -3.34. The molecule has 0 bridgehead atoms. The van der Waals surface area contributed by atoms with Crippen molar-refractivity contribution in [1.29, 1.82) is 0 Å². The van der Waals surface area contributed by atoms with Crippen LogP contribution in [0, 0.1) is 0 Å². The summed E-state index contributed by atoms with van der Waals surface area (Å²) in [6.45, 7) is 2.48. The Kier molecular flexibility index (Phi) is 3.98. The highest BCUT2D eigenvalue weighted by molar-refractivity contribution is 7.88. The Morgan fingerprint density at radius 2 is 2.11 bits per heavy atom. The maximum atomic E-state index is 11.8. The average Bonchev–Trinajstić information content (AvgIpc) is 2.72. The Labute approximate surface area is 106 Å². The van der Waals surface area contributed by atoms with Gasteiger partial charge >= 0.3 is 0 Å². The molecule has 0 fully saturated rings. The van der Waals surface area contributed by atoms with Gasteiger partial charge in [-0.1, -0.05) is 30.6 Å². The summed E-state index contributed by atoms with van der Waals surface area (Å²) >= 11 is 0. The largest absolute Gasteiger partial charge is 0.356 e. The van der Waals surface area contributed by atoms with Crippen LogP contribution in [0.1, 0.15) is 25.5 Å². The molecule has 0 aliphatic carbocycles. The molecule has 1 N–H and O–H groups in total. The van der Waals surface area contributed by atoms with Crippen LogP contribution in [0.15, 0.2) is 28.8 Å². The van der Waals surface area contributed by atoms with Gasteiger partial charge in [-0.15, -0.1) is 0 Å². The van der Waals surface area contributed by atoms with Gasteiger partial charge in [0.1, 0.15) is 11.4 Å². The van der Waals surface area contributed by atoms with Crippen molar-refractivity contribution in [3.05, 3.63) is 30.0 Å². The van der Waals surface area contributed by atoms with Gasteiger partial charge in [0.25, 0.3) is 0 Å². The predicted octanol–water partition coefficient (Wildman–Crippen LogP) is 2.05. The topological polar surface area (TPSA) is 72.2 Å². The van der Waals surface area contributed by atoms with Crippen molar-refractivity contribution in [2.24, 2.45) is 0 Å². The van der Waals surface area contributed by atoms with Gasteiger partial charge in [0.05, 0.1) is 0 Å². The highest BCUT2D eigenvalue weighted by Crippen LogP contribution is 2.19. The van der Waals surface area contributed by atoms with Crippen molar-refractivity contribution < 1.29 is 12.9 Å². The number of rotatable bonds is 6. The lowest BCUT2D eigenvalue weighted by Crippen LogP contribution is -2.26. The maximum absolute atomic E-state index is 11.8. The van der Waals surface area contributed by atoms with Crippen LogP contribution in [0.3, 0.4) is 0 Å². The number of nitrogens with zero attached hydrogens (tertiary/aromatic N) is 1. The molecule has 1 heterocycles. The van der Waals surface area contributed by atoms with Gasteiger partial charge in [0.15, 0.2) is 5.58 Å². The molecule has 0 radical (unpaired) electrons. The normalized spacial score (nSPS) is 12.1. The second-order valence-corrected chi connectivity index (χ2v) is 5.94. The number of aromatic nitrogens is 1. The first-order valence-electron chi connectivity index (χ1n) is 5.93. The fraction of sp³-hybridized carbons (Fsp3) is 0.417. The Morgan fingerprint density at radius 3 is 2.89 bits per heavy atom. The SMILES string of the molecule is CCCCNS(=O)(=O)Cc1noc2ccccc12. The highest BCUT2D eigenvalue weighted by atomic mass is 32.2. The lowest BCUT2D eigenvalue weighted by Gasteiger charge is -2.03. The van der Waals surface area contributed by atoms with E-state index < -0.39 is 10.0 Å². The van der Waals surface area contributed by atoms with Gasteiger partial charge in [0.2, 0.25) is 10.0 Å². The molecule has 0 amide bonds. The van der Waals surface area contributed by atoms with Crippen LogP contribution in [0.4, 0.5) is 0 Å². The van der Waals surface area contributed by atoms with Crippen LogP contribution in [0.25, 0.3) is 11.0 Å². The second-order valence-electron chi connectivity index (χ2n) is 4.13. The minimum Gasteiger partial charge on any atom is -0.356 e. The molecular formula is C12H16N2O3S. The minimum absolute atomic E-state index is 0.145. The zero-order valence-corrected chi connectivity index (χ0v) is 11.0. The molecule has 0 aliphatic heterocycles. The van der Waals surface area contributed by atoms with Gasteiger partial charge in [-0.2, -0.15) is 0 Å². The molecule has 2 rings (SSSR count). The molecule has 0 aliphatic rings. The van der Waals surface area contributed by atoms with Gasteiger partial charge < -0.3 is 4.52 Å². The lowest BCUT2D eigenvalue weighted by atomic mass is 10.2. The van der Waals surface area contributed by atoms with Crippen molar-refractivity contribution in [2.75, 3.05) is 6.54 Å². The van der Waals surface area contributed by atoms with Crippen LogP contribution in [-0.2, 0) is 15.8 Å². The standard InChI is InChI=1S/C12H16N2O3S/c1-2-3-8-13-18(15,16)9-11-10-6-4-5-7-12(10)17-14-11/h4-7,13H,2-3,8-9H2,1H3. The number of hydrogen-bond acceptors (Lipinski definition) is 4. The number of sulfonamides is 1. The maximum Gasteiger partial charge on any atom is 0.217 e. The molecule has 5 nitrogen and oxygen atoms in total. The van der Waals surface area contributed by atoms with Crippen molar-refractivity contribution >= 4 is 21.0 Å². The number of nitrogens with one attached hydrogen (secondary N) is 1. The molecule has 0 unspecified atom stereocenters. The fourth-order valence-corrected chi connectivity index (χ4v) is 2.80. The van der Waals surface area contributed by atoms with E-state index in [-0.39, 0.29) is 5.75 Å². The summed E-state index contributed by atoms with van der Waals surface area (Å²) in [5, 5.41) is 4.56. The molecule has 0 atom stereocenters. The van der Waals surface area contributed by atoms with Crippen molar-refractivity contribution in [2.45, 2.75) is 25.5 Å². The van der Waals surface area contributed by atoms with E-state index in [4.69, 9.17) is 4.52 Å².